The van der Waals surface area contributed by atoms with Crippen LogP contribution in [0.5, 0.6) is 0 Å². The Balaban J connectivity index is 0.000000134. The van der Waals surface area contributed by atoms with E-state index in [0.717, 1.165) is 11.2 Å². The number of hydrogen-bond donors (Lipinski definition) is 2. The largest absolute Gasteiger partial charge is 0.457 e. The molecule has 5 heteroatoms. The number of hydrogen-bond acceptors (Lipinski definition) is 3. The molecule has 60 valence electrons. The Morgan fingerprint density at radius 3 is 1.45 bits per heavy atom. The molecule has 4 nitrogen and oxygen atoms in total. The third-order valence-corrected chi connectivity index (χ3v) is 1.06. The molecule has 2 aromatic rings. The van der Waals surface area contributed by atoms with E-state index in [0.29, 0.717) is 0 Å². The summed E-state index contributed by atoms with van der Waals surface area (Å²) in [7, 11) is -2.62. The minimum absolute atomic E-state index is 0.968. The van der Waals surface area contributed by atoms with Crippen molar-refractivity contribution < 1.29 is 12.8 Å². The second-order valence-corrected chi connectivity index (χ2v) is 2.43. The third-order valence-electron chi connectivity index (χ3n) is 1.06. The van der Waals surface area contributed by atoms with Crippen molar-refractivity contribution in [3.8, 4) is 0 Å². The van der Waals surface area contributed by atoms with Crippen LogP contribution in [0.4, 0.5) is 0 Å². The summed E-state index contributed by atoms with van der Waals surface area (Å²) in [4.78, 5) is 0. The zero-order valence-corrected chi connectivity index (χ0v) is 6.45. The van der Waals surface area contributed by atoms with Gasteiger partial charge in [0.2, 0.25) is 0 Å². The van der Waals surface area contributed by atoms with Crippen LogP contribution in [0.3, 0.4) is 0 Å². The predicted octanol–water partition coefficient (Wildman–Crippen LogP) is 0.342. The number of thiol groups is 1. The van der Waals surface area contributed by atoms with Gasteiger partial charge >= 0.3 is 0 Å². The van der Waals surface area contributed by atoms with Crippen molar-refractivity contribution in [2.75, 3.05) is 0 Å². The maximum absolute atomic E-state index is 8.81. The fraction of sp³-hybridized carbons (Fsp3) is 0. The normalized spacial score (nSPS) is 10.0. The molecule has 0 saturated heterocycles. The van der Waals surface area contributed by atoms with Crippen molar-refractivity contribution in [1.29, 1.82) is 0 Å². The van der Waals surface area contributed by atoms with Gasteiger partial charge in [0, 0.05) is 0 Å². The van der Waals surface area contributed by atoms with Gasteiger partial charge in [-0.25, -0.2) is 13.6 Å². The number of nitrogens with two attached hydrogens (primary N) is 1. The fourth-order valence-electron chi connectivity index (χ4n) is 0.712. The molecule has 0 unspecified atom stereocenters. The maximum Gasteiger partial charge on any atom is 0.198 e. The van der Waals surface area contributed by atoms with Crippen LogP contribution in [0.15, 0.2) is 28.7 Å². The average Bonchev–Trinajstić information content (AvgIpc) is 2.45. The number of benzene rings is 1. The van der Waals surface area contributed by atoms with Crippen LogP contribution in [0.2, 0.25) is 0 Å². The molecule has 0 fully saturated rings. The standard InChI is InChI=1S/C6H4O.H3NO2S/c1-2-6-4-3-5(1)7-6;1-4(2)3/h1-4H;4H,(H2,1,2,3). The molecule has 0 amide bonds. The van der Waals surface area contributed by atoms with Crippen LogP contribution in [-0.2, 0) is 10.9 Å². The zero-order chi connectivity index (χ0) is 8.27. The summed E-state index contributed by atoms with van der Waals surface area (Å²) in [6.07, 6.45) is 0. The Bertz CT molecular complexity index is 326. The Kier molecular flexibility index (Phi) is 2.45. The first kappa shape index (κ1) is 8.03. The first-order chi connectivity index (χ1) is 5.18. The number of rotatable bonds is 0. The van der Waals surface area contributed by atoms with Crippen LogP contribution in [0.25, 0.3) is 11.2 Å². The molecular weight excluding hydrogens is 166 g/mol. The molecule has 2 bridgehead atoms. The lowest BCUT2D eigenvalue weighted by Crippen LogP contribution is -1.85. The molecule has 2 rings (SSSR count). The molecule has 0 aliphatic carbocycles. The minimum Gasteiger partial charge on any atom is -0.457 e. The minimum atomic E-state index is -2.62. The highest BCUT2D eigenvalue weighted by Gasteiger charge is 1.91. The maximum atomic E-state index is 8.81. The lowest BCUT2D eigenvalue weighted by atomic mass is 10.4. The zero-order valence-electron chi connectivity index (χ0n) is 5.56. The van der Waals surface area contributed by atoms with E-state index < -0.39 is 10.9 Å². The van der Waals surface area contributed by atoms with Gasteiger partial charge < -0.3 is 4.42 Å². The smallest absolute Gasteiger partial charge is 0.198 e. The lowest BCUT2D eigenvalue weighted by Gasteiger charge is -1.60. The summed E-state index contributed by atoms with van der Waals surface area (Å²) in [5.74, 6) is 0. The van der Waals surface area contributed by atoms with E-state index in [9.17, 15) is 0 Å². The Hall–Kier alpha value is -1.07. The molecule has 0 saturated carbocycles. The van der Waals surface area contributed by atoms with Crippen LogP contribution in [0.1, 0.15) is 0 Å². The van der Waals surface area contributed by atoms with Crippen molar-refractivity contribution in [3.63, 3.8) is 0 Å². The van der Waals surface area contributed by atoms with E-state index in [1.165, 1.54) is 0 Å². The second kappa shape index (κ2) is 3.36. The molecule has 2 N–H and O–H groups in total. The lowest BCUT2D eigenvalue weighted by molar-refractivity contribution is 0.616. The summed E-state index contributed by atoms with van der Waals surface area (Å²) in [6, 6.07) is 7.81. The van der Waals surface area contributed by atoms with Crippen molar-refractivity contribution in [1.82, 2.24) is 0 Å². The van der Waals surface area contributed by atoms with E-state index in [4.69, 9.17) is 12.8 Å². The van der Waals surface area contributed by atoms with Crippen molar-refractivity contribution in [2.24, 2.45) is 5.14 Å². The van der Waals surface area contributed by atoms with Gasteiger partial charge in [0.25, 0.3) is 0 Å². The van der Waals surface area contributed by atoms with E-state index in [1.807, 2.05) is 24.3 Å². The van der Waals surface area contributed by atoms with E-state index >= 15 is 0 Å². The van der Waals surface area contributed by atoms with Gasteiger partial charge in [0.1, 0.15) is 11.2 Å². The summed E-state index contributed by atoms with van der Waals surface area (Å²) >= 11 is 0. The van der Waals surface area contributed by atoms with Gasteiger partial charge in [-0.1, -0.05) is 0 Å². The number of fused-ring (bicyclic) bond motifs is 2. The van der Waals surface area contributed by atoms with E-state index in [1.54, 1.807) is 0 Å². The van der Waals surface area contributed by atoms with Gasteiger partial charge in [-0.15, -0.1) is 0 Å². The molecule has 2 aromatic heterocycles. The summed E-state index contributed by atoms with van der Waals surface area (Å²) < 4.78 is 22.7. The van der Waals surface area contributed by atoms with Crippen molar-refractivity contribution >= 4 is 22.1 Å². The van der Waals surface area contributed by atoms with Crippen molar-refractivity contribution in [3.05, 3.63) is 24.3 Å². The quantitative estimate of drug-likeness (QED) is 0.564. The summed E-state index contributed by atoms with van der Waals surface area (Å²) in [5, 5.41) is 4.06. The van der Waals surface area contributed by atoms with Crippen molar-refractivity contribution in [2.45, 2.75) is 0 Å². The van der Waals surface area contributed by atoms with Crippen LogP contribution < -0.4 is 5.14 Å². The molecule has 0 spiro atoms. The molecule has 0 aromatic carbocycles. The highest BCUT2D eigenvalue weighted by Crippen LogP contribution is 2.13. The van der Waals surface area contributed by atoms with Gasteiger partial charge in [0.15, 0.2) is 10.9 Å². The summed E-state index contributed by atoms with van der Waals surface area (Å²) in [5.41, 5.74) is 1.94. The topological polar surface area (TPSA) is 73.3 Å². The Morgan fingerprint density at radius 2 is 1.36 bits per heavy atom. The molecule has 0 atom stereocenters. The first-order valence-electron chi connectivity index (χ1n) is 2.85. The molecule has 0 aliphatic heterocycles. The molecular formula is C6H7NO3S. The average molecular weight is 173 g/mol. The SMILES string of the molecule is N[SH](=O)=O.c1cc2ccc1o2. The second-order valence-electron chi connectivity index (χ2n) is 1.86. The monoisotopic (exact) mass is 173 g/mol. The van der Waals surface area contributed by atoms with E-state index in [-0.39, 0.29) is 0 Å². The van der Waals surface area contributed by atoms with Crippen LogP contribution in [0, 0.1) is 0 Å². The molecule has 11 heavy (non-hydrogen) atoms. The van der Waals surface area contributed by atoms with Gasteiger partial charge in [-0.05, 0) is 24.3 Å². The first-order valence-corrected chi connectivity index (χ1v) is 4.10. The fourth-order valence-corrected chi connectivity index (χ4v) is 0.712. The van der Waals surface area contributed by atoms with Gasteiger partial charge in [0.05, 0.1) is 0 Å². The highest BCUT2D eigenvalue weighted by atomic mass is 32.2. The molecule has 0 radical (unpaired) electrons. The third kappa shape index (κ3) is 2.57. The van der Waals surface area contributed by atoms with E-state index in [2.05, 4.69) is 5.14 Å². The Labute approximate surface area is 65.0 Å². The molecule has 2 heterocycles. The Morgan fingerprint density at radius 1 is 1.09 bits per heavy atom. The van der Waals surface area contributed by atoms with Crippen LogP contribution in [-0.4, -0.2) is 8.42 Å². The predicted molar refractivity (Wildman–Crippen MR) is 41.9 cm³/mol. The van der Waals surface area contributed by atoms with Gasteiger partial charge in [-0.3, -0.25) is 0 Å². The summed E-state index contributed by atoms with van der Waals surface area (Å²) in [6.45, 7) is 0. The van der Waals surface area contributed by atoms with Crippen LogP contribution >= 0.6 is 0 Å². The highest BCUT2D eigenvalue weighted by molar-refractivity contribution is 7.69. The number of furan rings is 2. The molecule has 0 aliphatic rings. The van der Waals surface area contributed by atoms with Gasteiger partial charge in [-0.2, -0.15) is 0 Å².